The van der Waals surface area contributed by atoms with Crippen LogP contribution in [0.1, 0.15) is 35.5 Å². The van der Waals surface area contributed by atoms with Gasteiger partial charge < -0.3 is 10.6 Å². The summed E-state index contributed by atoms with van der Waals surface area (Å²) < 4.78 is 0. The molecular weight excluding hydrogens is 286 g/mol. The van der Waals surface area contributed by atoms with Crippen LogP contribution in [0.2, 0.25) is 0 Å². The average Bonchev–Trinajstić information content (AvgIpc) is 2.60. The van der Waals surface area contributed by atoms with Crippen molar-refractivity contribution in [3.63, 3.8) is 0 Å². The number of amides is 1. The standard InChI is InChI=1S/C19H23N3O/c1-4-11-20-16-10-12-21-17(13-16)19(23)22-18-14(5-2)8-7-9-15(18)6-3/h4,7-10,12-13H,1,5-6,11H2,2-3H3,(H,20,21)(H,22,23). The van der Waals surface area contributed by atoms with E-state index in [0.29, 0.717) is 12.2 Å². The van der Waals surface area contributed by atoms with Crippen molar-refractivity contribution in [2.75, 3.05) is 17.2 Å². The maximum Gasteiger partial charge on any atom is 0.274 e. The van der Waals surface area contributed by atoms with Gasteiger partial charge in [0.25, 0.3) is 5.91 Å². The highest BCUT2D eigenvalue weighted by Crippen LogP contribution is 2.23. The van der Waals surface area contributed by atoms with Crippen molar-refractivity contribution in [3.05, 3.63) is 66.0 Å². The maximum absolute atomic E-state index is 12.6. The quantitative estimate of drug-likeness (QED) is 0.758. The molecule has 2 N–H and O–H groups in total. The van der Waals surface area contributed by atoms with Crippen LogP contribution >= 0.6 is 0 Å². The zero-order valence-electron chi connectivity index (χ0n) is 13.7. The van der Waals surface area contributed by atoms with E-state index in [4.69, 9.17) is 0 Å². The van der Waals surface area contributed by atoms with Gasteiger partial charge in [-0.1, -0.05) is 38.1 Å². The first-order chi connectivity index (χ1) is 11.2. The fraction of sp³-hybridized carbons (Fsp3) is 0.263. The Morgan fingerprint density at radius 3 is 2.52 bits per heavy atom. The summed E-state index contributed by atoms with van der Waals surface area (Å²) >= 11 is 0. The fourth-order valence-corrected chi connectivity index (χ4v) is 2.44. The number of carbonyl (C=O) groups is 1. The normalized spacial score (nSPS) is 10.2. The largest absolute Gasteiger partial charge is 0.381 e. The van der Waals surface area contributed by atoms with Gasteiger partial charge in [-0.05, 0) is 36.1 Å². The smallest absolute Gasteiger partial charge is 0.274 e. The molecule has 0 atom stereocenters. The molecule has 1 amide bonds. The Hall–Kier alpha value is -2.62. The molecule has 0 fully saturated rings. The first kappa shape index (κ1) is 16.7. The third kappa shape index (κ3) is 4.19. The molecule has 120 valence electrons. The zero-order valence-corrected chi connectivity index (χ0v) is 13.7. The molecule has 0 radical (unpaired) electrons. The number of nitrogens with one attached hydrogen (secondary N) is 2. The number of hydrogen-bond donors (Lipinski definition) is 2. The number of pyridine rings is 1. The van der Waals surface area contributed by atoms with Gasteiger partial charge in [0.2, 0.25) is 0 Å². The van der Waals surface area contributed by atoms with Crippen molar-refractivity contribution in [1.82, 2.24) is 4.98 Å². The number of aromatic nitrogens is 1. The summed E-state index contributed by atoms with van der Waals surface area (Å²) in [6, 6.07) is 9.71. The minimum absolute atomic E-state index is 0.192. The molecule has 0 unspecified atom stereocenters. The molecular formula is C19H23N3O. The van der Waals surface area contributed by atoms with Gasteiger partial charge in [0.15, 0.2) is 0 Å². The van der Waals surface area contributed by atoms with Gasteiger partial charge in [-0.2, -0.15) is 0 Å². The number of aryl methyl sites for hydroxylation is 2. The van der Waals surface area contributed by atoms with Crippen molar-refractivity contribution < 1.29 is 4.79 Å². The predicted molar refractivity (Wildman–Crippen MR) is 96.1 cm³/mol. The van der Waals surface area contributed by atoms with E-state index in [1.54, 1.807) is 18.3 Å². The number of nitrogens with zero attached hydrogens (tertiary/aromatic N) is 1. The van der Waals surface area contributed by atoms with Crippen molar-refractivity contribution >= 4 is 17.3 Å². The van der Waals surface area contributed by atoms with E-state index in [9.17, 15) is 4.79 Å². The summed E-state index contributed by atoms with van der Waals surface area (Å²) in [5.74, 6) is -0.192. The Morgan fingerprint density at radius 2 is 1.91 bits per heavy atom. The molecule has 1 heterocycles. The van der Waals surface area contributed by atoms with Gasteiger partial charge in [-0.15, -0.1) is 6.58 Å². The molecule has 4 nitrogen and oxygen atoms in total. The monoisotopic (exact) mass is 309 g/mol. The summed E-state index contributed by atoms with van der Waals surface area (Å²) in [4.78, 5) is 16.7. The average molecular weight is 309 g/mol. The second kappa shape index (κ2) is 8.13. The van der Waals surface area contributed by atoms with Crippen molar-refractivity contribution in [1.29, 1.82) is 0 Å². The molecule has 0 saturated heterocycles. The molecule has 0 bridgehead atoms. The van der Waals surface area contributed by atoms with Crippen LogP contribution < -0.4 is 10.6 Å². The summed E-state index contributed by atoms with van der Waals surface area (Å²) in [6.07, 6.45) is 5.15. The van der Waals surface area contributed by atoms with Crippen LogP contribution in [-0.2, 0) is 12.8 Å². The van der Waals surface area contributed by atoms with E-state index in [2.05, 4.69) is 36.0 Å². The number of anilines is 2. The predicted octanol–water partition coefficient (Wildman–Crippen LogP) is 4.06. The minimum atomic E-state index is -0.192. The molecule has 4 heteroatoms. The minimum Gasteiger partial charge on any atom is -0.381 e. The van der Waals surface area contributed by atoms with E-state index in [1.165, 1.54) is 0 Å². The number of carbonyl (C=O) groups excluding carboxylic acids is 1. The number of para-hydroxylation sites is 1. The topological polar surface area (TPSA) is 54.0 Å². The van der Waals surface area contributed by atoms with Crippen LogP contribution in [0.4, 0.5) is 11.4 Å². The first-order valence-electron chi connectivity index (χ1n) is 7.92. The Bertz CT molecular complexity index is 673. The Kier molecular flexibility index (Phi) is 5.92. The molecule has 0 aliphatic rings. The Balaban J connectivity index is 2.24. The van der Waals surface area contributed by atoms with Crippen LogP contribution in [0.15, 0.2) is 49.2 Å². The van der Waals surface area contributed by atoms with Crippen LogP contribution in [-0.4, -0.2) is 17.4 Å². The van der Waals surface area contributed by atoms with Gasteiger partial charge in [0.05, 0.1) is 0 Å². The third-order valence-corrected chi connectivity index (χ3v) is 3.68. The molecule has 0 aliphatic heterocycles. The van der Waals surface area contributed by atoms with Crippen LogP contribution in [0.25, 0.3) is 0 Å². The molecule has 2 rings (SSSR count). The molecule has 1 aromatic carbocycles. The summed E-state index contributed by atoms with van der Waals surface area (Å²) in [6.45, 7) is 8.48. The van der Waals surface area contributed by atoms with Crippen LogP contribution in [0, 0.1) is 0 Å². The molecule has 0 spiro atoms. The lowest BCUT2D eigenvalue weighted by molar-refractivity contribution is 0.102. The van der Waals surface area contributed by atoms with Crippen LogP contribution in [0.5, 0.6) is 0 Å². The highest BCUT2D eigenvalue weighted by molar-refractivity contribution is 6.04. The molecule has 0 aliphatic carbocycles. The van der Waals surface area contributed by atoms with Crippen molar-refractivity contribution in [2.24, 2.45) is 0 Å². The Morgan fingerprint density at radius 1 is 1.22 bits per heavy atom. The van der Waals surface area contributed by atoms with Crippen molar-refractivity contribution in [3.8, 4) is 0 Å². The van der Waals surface area contributed by atoms with E-state index in [-0.39, 0.29) is 5.91 Å². The fourth-order valence-electron chi connectivity index (χ4n) is 2.44. The summed E-state index contributed by atoms with van der Waals surface area (Å²) in [5, 5.41) is 6.19. The van der Waals surface area contributed by atoms with Crippen LogP contribution in [0.3, 0.4) is 0 Å². The lowest BCUT2D eigenvalue weighted by Gasteiger charge is -2.14. The number of rotatable bonds is 7. The van der Waals surface area contributed by atoms with E-state index >= 15 is 0 Å². The van der Waals surface area contributed by atoms with Gasteiger partial charge in [0.1, 0.15) is 5.69 Å². The lowest BCUT2D eigenvalue weighted by Crippen LogP contribution is -2.16. The third-order valence-electron chi connectivity index (χ3n) is 3.68. The molecule has 2 aromatic rings. The highest BCUT2D eigenvalue weighted by Gasteiger charge is 2.13. The summed E-state index contributed by atoms with van der Waals surface area (Å²) in [5.41, 5.74) is 4.43. The SMILES string of the molecule is C=CCNc1ccnc(C(=O)Nc2c(CC)cccc2CC)c1. The molecule has 0 saturated carbocycles. The number of benzene rings is 1. The van der Waals surface area contributed by atoms with Gasteiger partial charge in [-0.3, -0.25) is 9.78 Å². The Labute approximate surface area is 137 Å². The van der Waals surface area contributed by atoms with E-state index in [1.807, 2.05) is 24.3 Å². The van der Waals surface area contributed by atoms with Crippen molar-refractivity contribution in [2.45, 2.75) is 26.7 Å². The lowest BCUT2D eigenvalue weighted by atomic mass is 10.0. The second-order valence-corrected chi connectivity index (χ2v) is 5.21. The molecule has 23 heavy (non-hydrogen) atoms. The summed E-state index contributed by atoms with van der Waals surface area (Å²) in [7, 11) is 0. The zero-order chi connectivity index (χ0) is 16.7. The first-order valence-corrected chi connectivity index (χ1v) is 7.92. The highest BCUT2D eigenvalue weighted by atomic mass is 16.1. The number of hydrogen-bond acceptors (Lipinski definition) is 3. The van der Waals surface area contributed by atoms with E-state index < -0.39 is 0 Å². The van der Waals surface area contributed by atoms with Gasteiger partial charge >= 0.3 is 0 Å². The van der Waals surface area contributed by atoms with E-state index in [0.717, 1.165) is 35.3 Å². The van der Waals surface area contributed by atoms with Gasteiger partial charge in [-0.25, -0.2) is 0 Å². The van der Waals surface area contributed by atoms with Gasteiger partial charge in [0, 0.05) is 24.1 Å². The maximum atomic E-state index is 12.6. The molecule has 1 aromatic heterocycles. The second-order valence-electron chi connectivity index (χ2n) is 5.21.